The Labute approximate surface area is 170 Å². The first-order valence-corrected chi connectivity index (χ1v) is 11.1. The Bertz CT molecular complexity index is 934. The second-order valence-electron chi connectivity index (χ2n) is 7.58. The monoisotopic (exact) mass is 394 g/mol. The molecule has 146 valence electrons. The fourth-order valence-electron chi connectivity index (χ4n) is 4.31. The highest BCUT2D eigenvalue weighted by atomic mass is 32.1. The van der Waals surface area contributed by atoms with Crippen molar-refractivity contribution in [2.75, 3.05) is 44.2 Å². The van der Waals surface area contributed by atoms with Crippen LogP contribution in [0.1, 0.15) is 23.3 Å². The molecular weight excluding hydrogens is 368 g/mol. The van der Waals surface area contributed by atoms with Gasteiger partial charge in [-0.15, -0.1) is 11.3 Å². The van der Waals surface area contributed by atoms with E-state index in [1.54, 1.807) is 11.2 Å². The summed E-state index contributed by atoms with van der Waals surface area (Å²) in [7, 11) is 0. The molecule has 3 heterocycles. The third-order valence-electron chi connectivity index (χ3n) is 5.82. The smallest absolute Gasteiger partial charge is 0.141 e. The molecule has 5 nitrogen and oxygen atoms in total. The lowest BCUT2D eigenvalue weighted by atomic mass is 9.97. The first-order chi connectivity index (χ1) is 13.9. The van der Waals surface area contributed by atoms with Crippen LogP contribution in [0.3, 0.4) is 0 Å². The number of benzene rings is 1. The van der Waals surface area contributed by atoms with Crippen molar-refractivity contribution in [1.29, 1.82) is 0 Å². The van der Waals surface area contributed by atoms with Crippen LogP contribution in [0.15, 0.2) is 36.7 Å². The number of ether oxygens (including phenoxy) is 1. The normalized spacial score (nSPS) is 17.6. The van der Waals surface area contributed by atoms with Gasteiger partial charge in [-0.2, -0.15) is 0 Å². The maximum atomic E-state index is 5.86. The summed E-state index contributed by atoms with van der Waals surface area (Å²) in [5.41, 5.74) is 1.53. The quantitative estimate of drug-likeness (QED) is 0.659. The van der Waals surface area contributed by atoms with E-state index in [-0.39, 0.29) is 0 Å². The van der Waals surface area contributed by atoms with Gasteiger partial charge in [0.15, 0.2) is 0 Å². The Hall–Kier alpha value is -2.18. The van der Waals surface area contributed by atoms with Crippen molar-refractivity contribution < 1.29 is 4.74 Å². The van der Waals surface area contributed by atoms with Crippen molar-refractivity contribution in [3.05, 3.63) is 47.1 Å². The van der Waals surface area contributed by atoms with Gasteiger partial charge in [-0.3, -0.25) is 4.90 Å². The van der Waals surface area contributed by atoms with E-state index in [0.717, 1.165) is 50.9 Å². The zero-order valence-corrected chi connectivity index (χ0v) is 17.0. The Kier molecular flexibility index (Phi) is 5.14. The third-order valence-corrected chi connectivity index (χ3v) is 7.02. The van der Waals surface area contributed by atoms with Gasteiger partial charge >= 0.3 is 0 Å². The van der Waals surface area contributed by atoms with E-state index in [0.29, 0.717) is 0 Å². The Morgan fingerprint density at radius 3 is 2.64 bits per heavy atom. The van der Waals surface area contributed by atoms with Gasteiger partial charge in [0.25, 0.3) is 0 Å². The molecule has 1 aromatic carbocycles. The topological polar surface area (TPSA) is 41.5 Å². The van der Waals surface area contributed by atoms with E-state index in [9.17, 15) is 0 Å². The molecule has 3 aromatic rings. The SMILES string of the molecule is c1ccc(OCCN2CCN(c3ncnc4sc5c(c34)CCCC5)CC2)cc1. The number of hydrogen-bond acceptors (Lipinski definition) is 6. The minimum atomic E-state index is 0.736. The molecular formula is C22H26N4OS. The molecule has 0 radical (unpaired) electrons. The number of aromatic nitrogens is 2. The van der Waals surface area contributed by atoms with E-state index in [2.05, 4.69) is 14.8 Å². The van der Waals surface area contributed by atoms with Crippen LogP contribution >= 0.6 is 11.3 Å². The molecule has 0 spiro atoms. The number of rotatable bonds is 5. The minimum absolute atomic E-state index is 0.736. The van der Waals surface area contributed by atoms with Gasteiger partial charge in [-0.25, -0.2) is 9.97 Å². The van der Waals surface area contributed by atoms with E-state index < -0.39 is 0 Å². The van der Waals surface area contributed by atoms with Crippen molar-refractivity contribution in [2.24, 2.45) is 0 Å². The fraction of sp³-hybridized carbons (Fsp3) is 0.455. The zero-order valence-electron chi connectivity index (χ0n) is 16.1. The second kappa shape index (κ2) is 8.05. The van der Waals surface area contributed by atoms with Crippen molar-refractivity contribution in [1.82, 2.24) is 14.9 Å². The maximum absolute atomic E-state index is 5.86. The summed E-state index contributed by atoms with van der Waals surface area (Å²) in [6.45, 7) is 5.84. The molecule has 28 heavy (non-hydrogen) atoms. The molecule has 0 unspecified atom stereocenters. The molecule has 0 atom stereocenters. The lowest BCUT2D eigenvalue weighted by molar-refractivity contribution is 0.200. The molecule has 2 aromatic heterocycles. The highest BCUT2D eigenvalue weighted by Crippen LogP contribution is 2.39. The van der Waals surface area contributed by atoms with Gasteiger partial charge in [0.1, 0.15) is 29.3 Å². The molecule has 2 aliphatic rings. The number of hydrogen-bond donors (Lipinski definition) is 0. The molecule has 5 rings (SSSR count). The molecule has 6 heteroatoms. The standard InChI is InChI=1S/C22H26N4OS/c1-2-6-17(7-3-1)27-15-14-25-10-12-26(13-11-25)21-20-18-8-4-5-9-19(18)28-22(20)24-16-23-21/h1-3,6-7,16H,4-5,8-15H2. The highest BCUT2D eigenvalue weighted by Gasteiger charge is 2.24. The average molecular weight is 395 g/mol. The van der Waals surface area contributed by atoms with Gasteiger partial charge in [0, 0.05) is 37.6 Å². The lowest BCUT2D eigenvalue weighted by Gasteiger charge is -2.35. The Morgan fingerprint density at radius 2 is 1.79 bits per heavy atom. The Balaban J connectivity index is 1.23. The number of aryl methyl sites for hydroxylation is 2. The number of para-hydroxylation sites is 1. The molecule has 1 aliphatic heterocycles. The number of anilines is 1. The van der Waals surface area contributed by atoms with Crippen LogP contribution in [0.2, 0.25) is 0 Å². The van der Waals surface area contributed by atoms with Crippen molar-refractivity contribution >= 4 is 27.4 Å². The number of nitrogens with zero attached hydrogens (tertiary/aromatic N) is 4. The molecule has 1 aliphatic carbocycles. The number of fused-ring (bicyclic) bond motifs is 3. The van der Waals surface area contributed by atoms with E-state index >= 15 is 0 Å². The summed E-state index contributed by atoms with van der Waals surface area (Å²) in [5.74, 6) is 2.11. The van der Waals surface area contributed by atoms with Crippen molar-refractivity contribution in [3.8, 4) is 5.75 Å². The lowest BCUT2D eigenvalue weighted by Crippen LogP contribution is -2.47. The third kappa shape index (κ3) is 3.59. The Morgan fingerprint density at radius 1 is 0.964 bits per heavy atom. The molecule has 1 saturated heterocycles. The second-order valence-corrected chi connectivity index (χ2v) is 8.66. The van der Waals surface area contributed by atoms with Crippen LogP contribution in [0.4, 0.5) is 5.82 Å². The van der Waals surface area contributed by atoms with Gasteiger partial charge in [-0.1, -0.05) is 18.2 Å². The molecule has 0 bridgehead atoms. The number of piperazine rings is 1. The number of thiophene rings is 1. The summed E-state index contributed by atoms with van der Waals surface area (Å²) >= 11 is 1.88. The molecule has 1 fully saturated rings. The largest absolute Gasteiger partial charge is 0.492 e. The molecule has 0 amide bonds. The summed E-state index contributed by atoms with van der Waals surface area (Å²) in [6.07, 6.45) is 6.76. The van der Waals surface area contributed by atoms with Gasteiger partial charge in [-0.05, 0) is 43.4 Å². The van der Waals surface area contributed by atoms with Crippen LogP contribution in [-0.2, 0) is 12.8 Å². The van der Waals surface area contributed by atoms with Crippen LogP contribution in [-0.4, -0.2) is 54.2 Å². The van der Waals surface area contributed by atoms with Gasteiger partial charge < -0.3 is 9.64 Å². The predicted octanol–water partition coefficient (Wildman–Crippen LogP) is 3.77. The predicted molar refractivity (Wildman–Crippen MR) is 115 cm³/mol. The summed E-state index contributed by atoms with van der Waals surface area (Å²) in [4.78, 5) is 17.0. The van der Waals surface area contributed by atoms with E-state index in [1.165, 1.54) is 41.5 Å². The van der Waals surface area contributed by atoms with Gasteiger partial charge in [0.05, 0.1) is 5.39 Å². The maximum Gasteiger partial charge on any atom is 0.141 e. The van der Waals surface area contributed by atoms with Crippen LogP contribution < -0.4 is 9.64 Å². The van der Waals surface area contributed by atoms with Crippen LogP contribution in [0, 0.1) is 0 Å². The highest BCUT2D eigenvalue weighted by molar-refractivity contribution is 7.19. The summed E-state index contributed by atoms with van der Waals surface area (Å²) in [5, 5.41) is 1.34. The van der Waals surface area contributed by atoms with Crippen molar-refractivity contribution in [3.63, 3.8) is 0 Å². The van der Waals surface area contributed by atoms with E-state index in [1.807, 2.05) is 41.7 Å². The minimum Gasteiger partial charge on any atom is -0.492 e. The van der Waals surface area contributed by atoms with Crippen LogP contribution in [0.5, 0.6) is 5.75 Å². The van der Waals surface area contributed by atoms with E-state index in [4.69, 9.17) is 9.72 Å². The first-order valence-electron chi connectivity index (χ1n) is 10.3. The summed E-state index contributed by atoms with van der Waals surface area (Å²) in [6, 6.07) is 10.1. The van der Waals surface area contributed by atoms with Crippen LogP contribution in [0.25, 0.3) is 10.2 Å². The molecule has 0 saturated carbocycles. The first kappa shape index (κ1) is 17.9. The van der Waals surface area contributed by atoms with Gasteiger partial charge in [0.2, 0.25) is 0 Å². The average Bonchev–Trinajstić information content (AvgIpc) is 3.14. The van der Waals surface area contributed by atoms with Crippen molar-refractivity contribution in [2.45, 2.75) is 25.7 Å². The molecule has 0 N–H and O–H groups in total. The fourth-order valence-corrected chi connectivity index (χ4v) is 5.53. The summed E-state index contributed by atoms with van der Waals surface area (Å²) < 4.78 is 5.86. The zero-order chi connectivity index (χ0) is 18.8.